The maximum atomic E-state index is 13.3. The van der Waals surface area contributed by atoms with Gasteiger partial charge in [0.1, 0.15) is 11.2 Å². The molecule has 1 heterocycles. The molecule has 0 bridgehead atoms. The fourth-order valence-electron chi connectivity index (χ4n) is 6.16. The Balaban J connectivity index is 1.55. The van der Waals surface area contributed by atoms with E-state index in [1.807, 2.05) is 30.3 Å². The Bertz CT molecular complexity index is 1720. The Morgan fingerprint density at radius 3 is 2.28 bits per heavy atom. The zero-order valence-corrected chi connectivity index (χ0v) is 26.8. The van der Waals surface area contributed by atoms with Crippen LogP contribution in [-0.4, -0.2) is 34.8 Å². The topological polar surface area (TPSA) is 58.8 Å². The quantitative estimate of drug-likeness (QED) is 0.0937. The molecule has 1 aliphatic carbocycles. The lowest BCUT2D eigenvalue weighted by molar-refractivity contribution is -0.269. The molecule has 0 spiro atoms. The number of fused-ring (bicyclic) bond motifs is 4. The summed E-state index contributed by atoms with van der Waals surface area (Å²) in [5, 5.41) is 3.65. The van der Waals surface area contributed by atoms with Crippen molar-refractivity contribution in [3.63, 3.8) is 0 Å². The molecule has 43 heavy (non-hydrogen) atoms. The number of hydrogen-bond acceptors (Lipinski definition) is 6. The van der Waals surface area contributed by atoms with E-state index in [1.165, 1.54) is 5.56 Å². The maximum Gasteiger partial charge on any atom is 0.190 e. The van der Waals surface area contributed by atoms with E-state index in [1.54, 1.807) is 6.07 Å². The van der Waals surface area contributed by atoms with E-state index >= 15 is 0 Å². The molecule has 0 N–H and O–H groups in total. The van der Waals surface area contributed by atoms with Gasteiger partial charge in [0.25, 0.3) is 0 Å². The van der Waals surface area contributed by atoms with E-state index in [-0.39, 0.29) is 23.1 Å². The number of hydrogen-bond donors (Lipinski definition) is 0. The van der Waals surface area contributed by atoms with Gasteiger partial charge in [-0.1, -0.05) is 62.4 Å². The van der Waals surface area contributed by atoms with Gasteiger partial charge in [-0.05, 0) is 70.7 Å². The third-order valence-electron chi connectivity index (χ3n) is 8.16. The normalized spacial score (nSPS) is 13.8. The summed E-state index contributed by atoms with van der Waals surface area (Å²) in [6.45, 7) is 19.2. The van der Waals surface area contributed by atoms with Crippen LogP contribution in [0.1, 0.15) is 72.6 Å². The lowest BCUT2D eigenvalue weighted by Gasteiger charge is -2.44. The Hall–Kier alpha value is -3.74. The van der Waals surface area contributed by atoms with E-state index in [0.29, 0.717) is 34.8 Å². The molecule has 3 aromatic rings. The van der Waals surface area contributed by atoms with Crippen molar-refractivity contribution in [2.75, 3.05) is 18.0 Å². The minimum absolute atomic E-state index is 0.0667. The molecule has 2 atom stereocenters. The molecule has 1 aliphatic heterocycles. The molecule has 5 rings (SSSR count). The van der Waals surface area contributed by atoms with E-state index in [4.69, 9.17) is 14.2 Å². The molecule has 2 unspecified atom stereocenters. The summed E-state index contributed by atoms with van der Waals surface area (Å²) in [5.74, 6) is 0.836. The number of anilines is 1. The van der Waals surface area contributed by atoms with Gasteiger partial charge < -0.3 is 9.32 Å². The summed E-state index contributed by atoms with van der Waals surface area (Å²) < 4.78 is 6.36. The average molecular weight is 580 g/mol. The smallest absolute Gasteiger partial charge is 0.190 e. The highest BCUT2D eigenvalue weighted by atomic mass is 16.7. The van der Waals surface area contributed by atoms with E-state index < -0.39 is 0 Å². The third kappa shape index (κ3) is 6.31. The number of benzene rings is 4. The molecule has 0 fully saturated rings. The summed E-state index contributed by atoms with van der Waals surface area (Å²) in [7, 11) is 0. The molecule has 226 valence electrons. The summed E-state index contributed by atoms with van der Waals surface area (Å²) in [6, 6.07) is 24.3. The lowest BCUT2D eigenvalue weighted by Crippen LogP contribution is -2.47. The highest BCUT2D eigenvalue weighted by molar-refractivity contribution is 5.99. The van der Waals surface area contributed by atoms with Gasteiger partial charge in [0.15, 0.2) is 16.8 Å². The Morgan fingerprint density at radius 2 is 1.63 bits per heavy atom. The van der Waals surface area contributed by atoms with Gasteiger partial charge in [0, 0.05) is 53.6 Å². The second kappa shape index (κ2) is 12.5. The Kier molecular flexibility index (Phi) is 8.91. The molecule has 6 nitrogen and oxygen atoms in total. The van der Waals surface area contributed by atoms with E-state index in [9.17, 15) is 4.79 Å². The fourth-order valence-corrected chi connectivity index (χ4v) is 6.16. The molecule has 2 aliphatic rings. The van der Waals surface area contributed by atoms with Crippen LogP contribution in [0.4, 0.5) is 5.69 Å². The van der Waals surface area contributed by atoms with E-state index in [0.717, 1.165) is 35.2 Å². The van der Waals surface area contributed by atoms with Gasteiger partial charge in [0.2, 0.25) is 0 Å². The van der Waals surface area contributed by atoms with Crippen molar-refractivity contribution < 1.29 is 9.25 Å². The third-order valence-corrected chi connectivity index (χ3v) is 8.16. The van der Waals surface area contributed by atoms with Gasteiger partial charge in [-0.3, -0.25) is 9.63 Å². The molecular weight excluding hydrogens is 534 g/mol. The standard InChI is InChI=1S/C37H45N3O3/c1-9-39(10-2)28-19-20-30-32(22-28)42-33-23-31(41)29-18-14-17-27(34(29)35(33)38-30)21-25(5)43-40(37(6,7)8)36(24(3)4)26-15-12-11-13-16-26/h11-20,22-25,36H,9-10,21H2,1-8H3. The van der Waals surface area contributed by atoms with Crippen LogP contribution in [0.5, 0.6) is 0 Å². The zero-order chi connectivity index (χ0) is 30.9. The first-order valence-electron chi connectivity index (χ1n) is 15.6. The van der Waals surface area contributed by atoms with Crippen molar-refractivity contribution in [3.8, 4) is 11.5 Å². The van der Waals surface area contributed by atoms with Gasteiger partial charge in [-0.2, -0.15) is 5.06 Å². The van der Waals surface area contributed by atoms with Crippen molar-refractivity contribution in [1.82, 2.24) is 10.0 Å². The van der Waals surface area contributed by atoms with Crippen molar-refractivity contribution in [3.05, 3.63) is 94.1 Å². The fraction of sp³-hybridized carbons (Fsp3) is 0.405. The average Bonchev–Trinajstić information content (AvgIpc) is 2.96. The van der Waals surface area contributed by atoms with Crippen molar-refractivity contribution in [1.29, 1.82) is 0 Å². The molecule has 0 radical (unpaired) electrons. The first kappa shape index (κ1) is 30.7. The van der Waals surface area contributed by atoms with Crippen molar-refractivity contribution in [2.24, 2.45) is 5.92 Å². The molecule has 0 saturated heterocycles. The first-order valence-corrected chi connectivity index (χ1v) is 15.6. The highest BCUT2D eigenvalue weighted by Crippen LogP contribution is 2.37. The van der Waals surface area contributed by atoms with E-state index in [2.05, 4.69) is 102 Å². The van der Waals surface area contributed by atoms with Crippen LogP contribution in [0.2, 0.25) is 0 Å². The summed E-state index contributed by atoms with van der Waals surface area (Å²) in [5.41, 5.74) is 5.17. The molecule has 3 aromatic carbocycles. The van der Waals surface area contributed by atoms with Crippen LogP contribution in [0.15, 0.2) is 82.0 Å². The van der Waals surface area contributed by atoms with Gasteiger partial charge in [0.05, 0.1) is 12.1 Å². The first-order chi connectivity index (χ1) is 20.5. The van der Waals surface area contributed by atoms with Crippen LogP contribution in [0, 0.1) is 5.92 Å². The monoisotopic (exact) mass is 579 g/mol. The molecule has 0 amide bonds. The minimum Gasteiger partial charge on any atom is -0.453 e. The Morgan fingerprint density at radius 1 is 0.907 bits per heavy atom. The van der Waals surface area contributed by atoms with Gasteiger partial charge in [-0.15, -0.1) is 0 Å². The number of rotatable bonds is 10. The van der Waals surface area contributed by atoms with Crippen LogP contribution < -0.4 is 10.3 Å². The summed E-state index contributed by atoms with van der Waals surface area (Å²) in [4.78, 5) is 27.5. The second-order valence-corrected chi connectivity index (χ2v) is 12.8. The molecule has 0 saturated carbocycles. The molecule has 0 aromatic heterocycles. The number of hydroxylamine groups is 2. The van der Waals surface area contributed by atoms with Crippen molar-refractivity contribution in [2.45, 2.75) is 79.5 Å². The van der Waals surface area contributed by atoms with Crippen LogP contribution in [0.25, 0.3) is 33.3 Å². The second-order valence-electron chi connectivity index (χ2n) is 12.8. The Labute approximate surface area is 255 Å². The van der Waals surface area contributed by atoms with Crippen LogP contribution in [0.3, 0.4) is 0 Å². The SMILES string of the molecule is CCN(CC)c1ccc2nc3c4c(CC(C)ON(C(c5ccccc5)C(C)C)C(C)(C)C)cccc4c(=O)cc-3oc2c1. The minimum atomic E-state index is -0.240. The lowest BCUT2D eigenvalue weighted by atomic mass is 9.92. The maximum absolute atomic E-state index is 13.3. The van der Waals surface area contributed by atoms with Crippen molar-refractivity contribution >= 4 is 27.6 Å². The van der Waals surface area contributed by atoms with Crippen LogP contribution >= 0.6 is 0 Å². The summed E-state index contributed by atoms with van der Waals surface area (Å²) >= 11 is 0. The number of aromatic nitrogens is 1. The summed E-state index contributed by atoms with van der Waals surface area (Å²) in [6.07, 6.45) is 0.456. The van der Waals surface area contributed by atoms with Gasteiger partial charge in [-0.25, -0.2) is 4.98 Å². The zero-order valence-electron chi connectivity index (χ0n) is 26.8. The van der Waals surface area contributed by atoms with Gasteiger partial charge >= 0.3 is 0 Å². The van der Waals surface area contributed by atoms with Crippen LogP contribution in [-0.2, 0) is 11.3 Å². The predicted octanol–water partition coefficient (Wildman–Crippen LogP) is 8.65. The number of nitrogens with zero attached hydrogens (tertiary/aromatic N) is 3. The largest absolute Gasteiger partial charge is 0.453 e. The molecular formula is C37H45N3O3. The highest BCUT2D eigenvalue weighted by Gasteiger charge is 2.34. The molecule has 6 heteroatoms. The predicted molar refractivity (Wildman–Crippen MR) is 178 cm³/mol.